The summed E-state index contributed by atoms with van der Waals surface area (Å²) in [5.74, 6) is 0. The van der Waals surface area contributed by atoms with Gasteiger partial charge in [-0.15, -0.1) is 0 Å². The predicted molar refractivity (Wildman–Crippen MR) is 75.5 cm³/mol. The first-order chi connectivity index (χ1) is 8.66. The molecule has 0 atom stereocenters. The molecule has 0 aromatic carbocycles. The van der Waals surface area contributed by atoms with Gasteiger partial charge >= 0.3 is 0 Å². The van der Waals surface area contributed by atoms with E-state index in [1.807, 2.05) is 12.4 Å². The Kier molecular flexibility index (Phi) is 4.72. The Labute approximate surface area is 111 Å². The topological polar surface area (TPSA) is 28.2 Å². The van der Waals surface area contributed by atoms with Crippen molar-refractivity contribution in [1.82, 2.24) is 15.2 Å². The number of hydrogen-bond donors (Lipinski definition) is 1. The van der Waals surface area contributed by atoms with Gasteiger partial charge in [-0.2, -0.15) is 0 Å². The Morgan fingerprint density at radius 1 is 1.39 bits per heavy atom. The molecule has 1 saturated heterocycles. The van der Waals surface area contributed by atoms with E-state index in [1.54, 1.807) is 0 Å². The van der Waals surface area contributed by atoms with E-state index in [4.69, 9.17) is 0 Å². The minimum absolute atomic E-state index is 0.674. The fourth-order valence-electron chi connectivity index (χ4n) is 2.57. The van der Waals surface area contributed by atoms with Crippen LogP contribution in [-0.2, 0) is 6.54 Å². The van der Waals surface area contributed by atoms with E-state index in [0.29, 0.717) is 12.1 Å². The monoisotopic (exact) mass is 247 g/mol. The van der Waals surface area contributed by atoms with E-state index in [1.165, 1.54) is 37.1 Å². The van der Waals surface area contributed by atoms with Gasteiger partial charge in [0.25, 0.3) is 0 Å². The normalized spacial score (nSPS) is 18.4. The maximum absolute atomic E-state index is 4.13. The summed E-state index contributed by atoms with van der Waals surface area (Å²) in [5, 5.41) is 3.68. The molecule has 1 aromatic heterocycles. The van der Waals surface area contributed by atoms with Crippen molar-refractivity contribution >= 4 is 0 Å². The summed E-state index contributed by atoms with van der Waals surface area (Å²) in [7, 11) is 0. The van der Waals surface area contributed by atoms with E-state index in [9.17, 15) is 0 Å². The predicted octanol–water partition coefficient (Wildman–Crippen LogP) is 2.35. The molecule has 1 aliphatic rings. The number of pyridine rings is 1. The van der Waals surface area contributed by atoms with Crippen LogP contribution in [0.5, 0.6) is 0 Å². The van der Waals surface area contributed by atoms with E-state index in [0.717, 1.165) is 6.54 Å². The lowest BCUT2D eigenvalue weighted by molar-refractivity contribution is 0.161. The highest BCUT2D eigenvalue weighted by Crippen LogP contribution is 2.14. The van der Waals surface area contributed by atoms with Crippen LogP contribution in [-0.4, -0.2) is 35.1 Å². The lowest BCUT2D eigenvalue weighted by atomic mass is 10.0. The molecule has 0 spiro atoms. The molecule has 18 heavy (non-hydrogen) atoms. The number of piperidine rings is 1. The molecule has 0 aliphatic carbocycles. The Balaban J connectivity index is 1.77. The Hall–Kier alpha value is -0.930. The first-order valence-corrected chi connectivity index (χ1v) is 7.03. The lowest BCUT2D eigenvalue weighted by Gasteiger charge is -2.35. The van der Waals surface area contributed by atoms with E-state index in [2.05, 4.69) is 42.0 Å². The molecule has 0 amide bonds. The standard InChI is InChI=1S/C15H25N3/c1-12(2)18-8-5-15(6-9-18)17-11-14-4-7-16-10-13(14)3/h4,7,10,12,15,17H,5-6,8-9,11H2,1-3H3. The fourth-order valence-corrected chi connectivity index (χ4v) is 2.57. The number of likely N-dealkylation sites (tertiary alicyclic amines) is 1. The molecule has 1 N–H and O–H groups in total. The molecule has 1 aromatic rings. The Morgan fingerprint density at radius 2 is 2.11 bits per heavy atom. The SMILES string of the molecule is Cc1cnccc1CNC1CCN(C(C)C)CC1. The van der Waals surface area contributed by atoms with Crippen LogP contribution in [0.3, 0.4) is 0 Å². The first kappa shape index (κ1) is 13.5. The summed E-state index contributed by atoms with van der Waals surface area (Å²) in [6.45, 7) is 10.1. The van der Waals surface area contributed by atoms with Crippen LogP contribution >= 0.6 is 0 Å². The molecule has 100 valence electrons. The third kappa shape index (κ3) is 3.53. The molecular weight excluding hydrogens is 222 g/mol. The van der Waals surface area contributed by atoms with Crippen molar-refractivity contribution in [3.05, 3.63) is 29.6 Å². The zero-order chi connectivity index (χ0) is 13.0. The number of aromatic nitrogens is 1. The molecule has 0 radical (unpaired) electrons. The molecule has 1 aliphatic heterocycles. The quantitative estimate of drug-likeness (QED) is 0.885. The van der Waals surface area contributed by atoms with E-state index >= 15 is 0 Å². The van der Waals surface area contributed by atoms with Crippen molar-refractivity contribution in [3.8, 4) is 0 Å². The second-order valence-corrected chi connectivity index (χ2v) is 5.59. The third-order valence-corrected chi connectivity index (χ3v) is 3.98. The highest BCUT2D eigenvalue weighted by molar-refractivity contribution is 5.21. The van der Waals surface area contributed by atoms with Crippen molar-refractivity contribution in [3.63, 3.8) is 0 Å². The van der Waals surface area contributed by atoms with Gasteiger partial charge in [0.2, 0.25) is 0 Å². The zero-order valence-electron chi connectivity index (χ0n) is 11.8. The van der Waals surface area contributed by atoms with Gasteiger partial charge in [0, 0.05) is 31.0 Å². The van der Waals surface area contributed by atoms with Crippen LogP contribution in [0.15, 0.2) is 18.5 Å². The van der Waals surface area contributed by atoms with E-state index < -0.39 is 0 Å². The van der Waals surface area contributed by atoms with Gasteiger partial charge in [-0.25, -0.2) is 0 Å². The van der Waals surface area contributed by atoms with Crippen LogP contribution < -0.4 is 5.32 Å². The smallest absolute Gasteiger partial charge is 0.0300 e. The second-order valence-electron chi connectivity index (χ2n) is 5.59. The van der Waals surface area contributed by atoms with Crippen molar-refractivity contribution in [2.45, 2.75) is 52.2 Å². The maximum atomic E-state index is 4.13. The average Bonchev–Trinajstić information content (AvgIpc) is 2.38. The molecule has 1 fully saturated rings. The van der Waals surface area contributed by atoms with Gasteiger partial charge in [-0.1, -0.05) is 0 Å². The summed E-state index contributed by atoms with van der Waals surface area (Å²) in [5.41, 5.74) is 2.65. The highest BCUT2D eigenvalue weighted by atomic mass is 15.2. The number of nitrogens with zero attached hydrogens (tertiary/aromatic N) is 2. The number of aryl methyl sites for hydroxylation is 1. The highest BCUT2D eigenvalue weighted by Gasteiger charge is 2.20. The molecule has 2 heterocycles. The van der Waals surface area contributed by atoms with Crippen LogP contribution in [0, 0.1) is 6.92 Å². The zero-order valence-corrected chi connectivity index (χ0v) is 11.8. The van der Waals surface area contributed by atoms with Crippen molar-refractivity contribution in [2.24, 2.45) is 0 Å². The minimum atomic E-state index is 0.674. The summed E-state index contributed by atoms with van der Waals surface area (Å²) in [6.07, 6.45) is 6.36. The minimum Gasteiger partial charge on any atom is -0.310 e. The van der Waals surface area contributed by atoms with Gasteiger partial charge in [-0.05, 0) is 63.9 Å². The summed E-state index contributed by atoms with van der Waals surface area (Å²) >= 11 is 0. The van der Waals surface area contributed by atoms with Crippen molar-refractivity contribution in [2.75, 3.05) is 13.1 Å². The molecule has 0 unspecified atom stereocenters. The summed E-state index contributed by atoms with van der Waals surface area (Å²) in [6, 6.07) is 3.48. The first-order valence-electron chi connectivity index (χ1n) is 7.03. The summed E-state index contributed by atoms with van der Waals surface area (Å²) in [4.78, 5) is 6.70. The van der Waals surface area contributed by atoms with Gasteiger partial charge in [0.15, 0.2) is 0 Å². The largest absolute Gasteiger partial charge is 0.310 e. The number of nitrogens with one attached hydrogen (secondary N) is 1. The van der Waals surface area contributed by atoms with Gasteiger partial charge in [0.05, 0.1) is 0 Å². The molecule has 3 heteroatoms. The Morgan fingerprint density at radius 3 is 2.72 bits per heavy atom. The Bertz CT molecular complexity index is 368. The molecule has 0 bridgehead atoms. The van der Waals surface area contributed by atoms with Crippen molar-refractivity contribution in [1.29, 1.82) is 0 Å². The van der Waals surface area contributed by atoms with Gasteiger partial charge in [-0.3, -0.25) is 4.98 Å². The van der Waals surface area contributed by atoms with Crippen LogP contribution in [0.4, 0.5) is 0 Å². The number of rotatable bonds is 4. The second kappa shape index (κ2) is 6.30. The van der Waals surface area contributed by atoms with Crippen molar-refractivity contribution < 1.29 is 0 Å². The van der Waals surface area contributed by atoms with Gasteiger partial charge in [0.1, 0.15) is 0 Å². The fraction of sp³-hybridized carbons (Fsp3) is 0.667. The molecular formula is C15H25N3. The average molecular weight is 247 g/mol. The molecule has 0 saturated carbocycles. The third-order valence-electron chi connectivity index (χ3n) is 3.98. The number of hydrogen-bond acceptors (Lipinski definition) is 3. The lowest BCUT2D eigenvalue weighted by Crippen LogP contribution is -2.44. The maximum Gasteiger partial charge on any atom is 0.0300 e. The molecule has 2 rings (SSSR count). The summed E-state index contributed by atoms with van der Waals surface area (Å²) < 4.78 is 0. The van der Waals surface area contributed by atoms with Crippen LogP contribution in [0.2, 0.25) is 0 Å². The van der Waals surface area contributed by atoms with Crippen LogP contribution in [0.25, 0.3) is 0 Å². The van der Waals surface area contributed by atoms with Gasteiger partial charge < -0.3 is 10.2 Å². The van der Waals surface area contributed by atoms with Crippen LogP contribution in [0.1, 0.15) is 37.8 Å². The van der Waals surface area contributed by atoms with E-state index in [-0.39, 0.29) is 0 Å². The molecule has 3 nitrogen and oxygen atoms in total.